The first-order valence-corrected chi connectivity index (χ1v) is 3.93. The minimum atomic E-state index is -4.19. The smallest absolute Gasteiger partial charge is 0.401 e. The molecule has 56 valence electrons. The zero-order valence-electron chi connectivity index (χ0n) is 3.78. The van der Waals surface area contributed by atoms with Gasteiger partial charge in [-0.05, 0) is 0 Å². The van der Waals surface area contributed by atoms with Crippen LogP contribution < -0.4 is 0 Å². The predicted molar refractivity (Wildman–Crippen MR) is 31.3 cm³/mol. The van der Waals surface area contributed by atoms with Gasteiger partial charge in [0.2, 0.25) is 0 Å². The highest BCUT2D eigenvalue weighted by atomic mass is 35.7. The summed E-state index contributed by atoms with van der Waals surface area (Å²) in [5.74, 6) is 0. The molecule has 0 heterocycles. The van der Waals surface area contributed by atoms with Crippen LogP contribution in [0.1, 0.15) is 0 Å². The SMILES string of the molecule is O=C(O)Cl.O=S(=O)(O)Cl. The molecule has 0 aliphatic carbocycles. The highest BCUT2D eigenvalue weighted by molar-refractivity contribution is 8.09. The van der Waals surface area contributed by atoms with E-state index >= 15 is 0 Å². The molecule has 0 aromatic rings. The lowest BCUT2D eigenvalue weighted by molar-refractivity contribution is 0.220. The molecule has 0 aliphatic rings. The van der Waals surface area contributed by atoms with Gasteiger partial charge in [-0.1, -0.05) is 0 Å². The molecule has 9 heavy (non-hydrogen) atoms. The summed E-state index contributed by atoms with van der Waals surface area (Å²) in [5, 5.41) is 7.18. The Labute approximate surface area is 60.4 Å². The van der Waals surface area contributed by atoms with Crippen LogP contribution in [0.15, 0.2) is 0 Å². The zero-order valence-corrected chi connectivity index (χ0v) is 6.11. The van der Waals surface area contributed by atoms with E-state index in [-0.39, 0.29) is 0 Å². The van der Waals surface area contributed by atoms with E-state index in [1.807, 2.05) is 0 Å². The molecule has 0 fully saturated rings. The van der Waals surface area contributed by atoms with E-state index in [0.29, 0.717) is 0 Å². The third-order valence-electron chi connectivity index (χ3n) is 0. The van der Waals surface area contributed by atoms with Crippen LogP contribution >= 0.6 is 22.3 Å². The minimum absolute atomic E-state index is 1.36. The molecule has 5 nitrogen and oxygen atoms in total. The van der Waals surface area contributed by atoms with Crippen molar-refractivity contribution < 1.29 is 22.9 Å². The van der Waals surface area contributed by atoms with Crippen LogP contribution in [0, 0.1) is 0 Å². The normalized spacial score (nSPS) is 9.22. The Hall–Kier alpha value is -0.0400. The number of carbonyl (C=O) groups is 1. The second kappa shape index (κ2) is 4.80. The molecule has 0 rings (SSSR count). The molecular formula is CH2Cl2O5S. The van der Waals surface area contributed by atoms with E-state index in [1.165, 1.54) is 0 Å². The average molecular weight is 197 g/mol. The van der Waals surface area contributed by atoms with E-state index in [0.717, 1.165) is 0 Å². The van der Waals surface area contributed by atoms with Gasteiger partial charge in [-0.15, -0.1) is 0 Å². The number of halogens is 2. The van der Waals surface area contributed by atoms with Crippen molar-refractivity contribution in [1.29, 1.82) is 0 Å². The molecule has 0 unspecified atom stereocenters. The first kappa shape index (κ1) is 11.7. The molecule has 0 spiro atoms. The minimum Gasteiger partial charge on any atom is -0.469 e. The molecule has 0 aromatic carbocycles. The fraction of sp³-hybridized carbons (Fsp3) is 0. The lowest BCUT2D eigenvalue weighted by Gasteiger charge is -1.65. The topological polar surface area (TPSA) is 91.7 Å². The van der Waals surface area contributed by atoms with Gasteiger partial charge in [0.1, 0.15) is 0 Å². The standard InChI is InChI=1S/CHClO2.ClHO3S/c2-1(3)4;1-5(2,3)4/h(H,3,4);(H,2,3,4). The highest BCUT2D eigenvalue weighted by Gasteiger charge is 1.86. The summed E-state index contributed by atoms with van der Waals surface area (Å²) in [6.07, 6.45) is 0. The Morgan fingerprint density at radius 2 is 1.44 bits per heavy atom. The van der Waals surface area contributed by atoms with Crippen molar-refractivity contribution in [3.05, 3.63) is 0 Å². The van der Waals surface area contributed by atoms with Gasteiger partial charge >= 0.3 is 14.8 Å². The van der Waals surface area contributed by atoms with Crippen LogP contribution in [0.3, 0.4) is 0 Å². The molecule has 2 N–H and O–H groups in total. The van der Waals surface area contributed by atoms with Gasteiger partial charge < -0.3 is 5.11 Å². The van der Waals surface area contributed by atoms with Gasteiger partial charge in [-0.3, -0.25) is 4.55 Å². The molecule has 0 aromatic heterocycles. The summed E-state index contributed by atoms with van der Waals surface area (Å²) in [7, 11) is -0.137. The first-order chi connectivity index (χ1) is 3.73. The van der Waals surface area contributed by atoms with E-state index < -0.39 is 14.8 Å². The van der Waals surface area contributed by atoms with E-state index in [9.17, 15) is 0 Å². The molecular weight excluding hydrogens is 195 g/mol. The van der Waals surface area contributed by atoms with Gasteiger partial charge in [-0.2, -0.15) is 8.42 Å². The monoisotopic (exact) mass is 196 g/mol. The summed E-state index contributed by atoms with van der Waals surface area (Å²) < 4.78 is 25.2. The first-order valence-electron chi connectivity index (χ1n) is 1.29. The quantitative estimate of drug-likeness (QED) is 0.445. The summed E-state index contributed by atoms with van der Waals surface area (Å²) in [4.78, 5) is 8.77. The van der Waals surface area contributed by atoms with Crippen molar-refractivity contribution in [3.63, 3.8) is 0 Å². The highest BCUT2D eigenvalue weighted by Crippen LogP contribution is 1.82. The van der Waals surface area contributed by atoms with Crippen molar-refractivity contribution in [2.24, 2.45) is 0 Å². The summed E-state index contributed by atoms with van der Waals surface area (Å²) >= 11 is 4.19. The average Bonchev–Trinajstić information content (AvgIpc) is 1.19. The van der Waals surface area contributed by atoms with Gasteiger partial charge in [0.25, 0.3) is 0 Å². The van der Waals surface area contributed by atoms with Crippen molar-refractivity contribution in [3.8, 4) is 0 Å². The largest absolute Gasteiger partial charge is 0.469 e. The Bertz CT molecular complexity index is 157. The lowest BCUT2D eigenvalue weighted by atomic mass is 11.6. The van der Waals surface area contributed by atoms with Crippen LogP contribution in [0.4, 0.5) is 4.79 Å². The Morgan fingerprint density at radius 3 is 1.44 bits per heavy atom. The second-order valence-electron chi connectivity index (χ2n) is 0.665. The molecule has 0 aliphatic heterocycles. The van der Waals surface area contributed by atoms with Crippen molar-refractivity contribution in [2.45, 2.75) is 0 Å². The van der Waals surface area contributed by atoms with Crippen LogP contribution in [0.25, 0.3) is 0 Å². The Morgan fingerprint density at radius 1 is 1.44 bits per heavy atom. The molecule has 0 atom stereocenters. The van der Waals surface area contributed by atoms with Crippen LogP contribution in [-0.2, 0) is 9.33 Å². The van der Waals surface area contributed by atoms with E-state index in [4.69, 9.17) is 22.9 Å². The van der Waals surface area contributed by atoms with Crippen molar-refractivity contribution >= 4 is 37.0 Å². The second-order valence-corrected chi connectivity index (χ2v) is 2.98. The lowest BCUT2D eigenvalue weighted by Crippen LogP contribution is -1.77. The van der Waals surface area contributed by atoms with E-state index in [1.54, 1.807) is 0 Å². The van der Waals surface area contributed by atoms with E-state index in [2.05, 4.69) is 22.3 Å². The fourth-order valence-electron chi connectivity index (χ4n) is 0. The van der Waals surface area contributed by atoms with Crippen LogP contribution in [0.2, 0.25) is 0 Å². The number of hydrogen-bond donors (Lipinski definition) is 2. The Kier molecular flexibility index (Phi) is 6.25. The van der Waals surface area contributed by atoms with Gasteiger partial charge in [0.05, 0.1) is 0 Å². The summed E-state index contributed by atoms with van der Waals surface area (Å²) in [6.45, 7) is 0. The third kappa shape index (κ3) is 177000. The fourth-order valence-corrected chi connectivity index (χ4v) is 0. The summed E-state index contributed by atoms with van der Waals surface area (Å²) in [5.41, 5.74) is -1.36. The molecule has 0 saturated heterocycles. The van der Waals surface area contributed by atoms with Crippen molar-refractivity contribution in [1.82, 2.24) is 0 Å². The van der Waals surface area contributed by atoms with Crippen LogP contribution in [0.5, 0.6) is 0 Å². The maximum atomic E-state index is 8.95. The number of carboxylic acid groups (broad SMARTS) is 1. The molecule has 0 saturated carbocycles. The number of hydrogen-bond acceptors (Lipinski definition) is 3. The maximum absolute atomic E-state index is 8.95. The van der Waals surface area contributed by atoms with Crippen LogP contribution in [-0.4, -0.2) is 23.5 Å². The Balaban J connectivity index is 0. The zero-order chi connectivity index (χ0) is 8.08. The molecule has 8 heteroatoms. The van der Waals surface area contributed by atoms with Crippen molar-refractivity contribution in [2.75, 3.05) is 0 Å². The third-order valence-corrected chi connectivity index (χ3v) is 0. The van der Waals surface area contributed by atoms with Gasteiger partial charge in [-0.25, -0.2) is 4.79 Å². The number of rotatable bonds is 0. The maximum Gasteiger partial charge on any atom is 0.401 e. The molecule has 0 amide bonds. The predicted octanol–water partition coefficient (Wildman–Crippen LogP) is 0.931. The van der Waals surface area contributed by atoms with Gasteiger partial charge in [0, 0.05) is 22.3 Å². The molecule has 0 radical (unpaired) electrons. The van der Waals surface area contributed by atoms with Gasteiger partial charge in [0.15, 0.2) is 0 Å². The molecule has 0 bridgehead atoms. The summed E-state index contributed by atoms with van der Waals surface area (Å²) in [6, 6.07) is 0.